The number of H-pyrrole nitrogens is 1. The molecular weight excluding hydrogens is 244 g/mol. The van der Waals surface area contributed by atoms with E-state index >= 15 is 0 Å². The van der Waals surface area contributed by atoms with Gasteiger partial charge in [-0.15, -0.1) is 0 Å². The van der Waals surface area contributed by atoms with Crippen LogP contribution in [0.25, 0.3) is 0 Å². The number of amides is 1. The van der Waals surface area contributed by atoms with E-state index in [1.165, 1.54) is 6.07 Å². The summed E-state index contributed by atoms with van der Waals surface area (Å²) in [5, 5.41) is 2.61. The standard InChI is InChI=1S/C13H22N4O2/c1-8(2)12-15-10(6-11(18)16-12)17(5)7-9(3)13(19)14-4/h6,8-9H,7H2,1-5H3,(H,14,19)(H,15,16,18). The Hall–Kier alpha value is -1.85. The molecule has 1 aromatic rings. The van der Waals surface area contributed by atoms with E-state index in [-0.39, 0.29) is 23.3 Å². The summed E-state index contributed by atoms with van der Waals surface area (Å²) in [6.07, 6.45) is 0. The third-order valence-electron chi connectivity index (χ3n) is 2.93. The minimum Gasteiger partial charge on any atom is -0.359 e. The minimum atomic E-state index is -0.173. The zero-order chi connectivity index (χ0) is 14.6. The minimum absolute atomic E-state index is 0.0271. The third-order valence-corrected chi connectivity index (χ3v) is 2.93. The number of nitrogens with one attached hydrogen (secondary N) is 2. The molecule has 0 radical (unpaired) electrons. The van der Waals surface area contributed by atoms with Crippen LogP contribution < -0.4 is 15.8 Å². The molecule has 0 saturated carbocycles. The van der Waals surface area contributed by atoms with E-state index in [2.05, 4.69) is 15.3 Å². The first-order valence-electron chi connectivity index (χ1n) is 6.39. The normalized spacial score (nSPS) is 12.3. The van der Waals surface area contributed by atoms with Crippen LogP contribution >= 0.6 is 0 Å². The summed E-state index contributed by atoms with van der Waals surface area (Å²) >= 11 is 0. The number of aromatic nitrogens is 2. The Morgan fingerprint density at radius 2 is 2.11 bits per heavy atom. The lowest BCUT2D eigenvalue weighted by Crippen LogP contribution is -2.35. The van der Waals surface area contributed by atoms with Crippen molar-refractivity contribution in [1.29, 1.82) is 0 Å². The molecule has 1 amide bonds. The van der Waals surface area contributed by atoms with Crippen molar-refractivity contribution >= 4 is 11.7 Å². The van der Waals surface area contributed by atoms with Crippen molar-refractivity contribution in [2.75, 3.05) is 25.5 Å². The highest BCUT2D eigenvalue weighted by molar-refractivity contribution is 5.78. The van der Waals surface area contributed by atoms with Crippen LogP contribution in [0.3, 0.4) is 0 Å². The first-order chi connectivity index (χ1) is 8.85. The Kier molecular flexibility index (Phi) is 5.09. The second kappa shape index (κ2) is 6.36. The zero-order valence-electron chi connectivity index (χ0n) is 12.2. The average molecular weight is 266 g/mol. The van der Waals surface area contributed by atoms with Crippen LogP contribution in [0.1, 0.15) is 32.5 Å². The van der Waals surface area contributed by atoms with Crippen molar-refractivity contribution in [2.24, 2.45) is 5.92 Å². The van der Waals surface area contributed by atoms with Crippen LogP contribution in [0.5, 0.6) is 0 Å². The Balaban J connectivity index is 2.90. The maximum Gasteiger partial charge on any atom is 0.252 e. The molecule has 1 rings (SSSR count). The maximum atomic E-state index is 11.6. The highest BCUT2D eigenvalue weighted by Gasteiger charge is 2.15. The largest absolute Gasteiger partial charge is 0.359 e. The summed E-state index contributed by atoms with van der Waals surface area (Å²) in [7, 11) is 3.44. The lowest BCUT2D eigenvalue weighted by molar-refractivity contribution is -0.123. The number of hydrogen-bond donors (Lipinski definition) is 2. The van der Waals surface area contributed by atoms with Crippen LogP contribution in [0.4, 0.5) is 5.82 Å². The molecule has 6 heteroatoms. The molecule has 106 valence electrons. The highest BCUT2D eigenvalue weighted by Crippen LogP contribution is 2.13. The summed E-state index contributed by atoms with van der Waals surface area (Å²) in [4.78, 5) is 32.0. The smallest absolute Gasteiger partial charge is 0.252 e. The number of aromatic amines is 1. The molecule has 1 unspecified atom stereocenters. The predicted octanol–water partition coefficient (Wildman–Crippen LogP) is 0.712. The van der Waals surface area contributed by atoms with Crippen molar-refractivity contribution in [3.63, 3.8) is 0 Å². The lowest BCUT2D eigenvalue weighted by atomic mass is 10.1. The summed E-state index contributed by atoms with van der Waals surface area (Å²) < 4.78 is 0. The molecule has 0 aliphatic carbocycles. The molecule has 6 nitrogen and oxygen atoms in total. The van der Waals surface area contributed by atoms with Gasteiger partial charge in [-0.05, 0) is 0 Å². The van der Waals surface area contributed by atoms with Crippen LogP contribution in [-0.4, -0.2) is 36.5 Å². The maximum absolute atomic E-state index is 11.6. The van der Waals surface area contributed by atoms with Crippen molar-refractivity contribution in [3.8, 4) is 0 Å². The summed E-state index contributed by atoms with van der Waals surface area (Å²) in [5.74, 6) is 1.20. The van der Waals surface area contributed by atoms with Crippen molar-refractivity contribution < 1.29 is 4.79 Å². The van der Waals surface area contributed by atoms with E-state index in [0.29, 0.717) is 18.2 Å². The number of hydrogen-bond acceptors (Lipinski definition) is 4. The van der Waals surface area contributed by atoms with E-state index < -0.39 is 0 Å². The molecule has 0 bridgehead atoms. The summed E-state index contributed by atoms with van der Waals surface area (Å²) in [6.45, 7) is 6.28. The molecule has 0 aliphatic rings. The van der Waals surface area contributed by atoms with Gasteiger partial charge in [0.05, 0.1) is 5.92 Å². The summed E-state index contributed by atoms with van der Waals surface area (Å²) in [6, 6.07) is 1.45. The summed E-state index contributed by atoms with van der Waals surface area (Å²) in [5.41, 5.74) is -0.173. The number of carbonyl (C=O) groups is 1. The molecule has 0 saturated heterocycles. The molecule has 1 atom stereocenters. The monoisotopic (exact) mass is 266 g/mol. The number of anilines is 1. The lowest BCUT2D eigenvalue weighted by Gasteiger charge is -2.22. The molecule has 0 spiro atoms. The number of nitrogens with zero attached hydrogens (tertiary/aromatic N) is 2. The Labute approximate surface area is 113 Å². The van der Waals surface area contributed by atoms with Crippen LogP contribution in [0.15, 0.2) is 10.9 Å². The topological polar surface area (TPSA) is 78.1 Å². The van der Waals surface area contributed by atoms with Crippen LogP contribution in [0, 0.1) is 5.92 Å². The van der Waals surface area contributed by atoms with E-state index in [0.717, 1.165) is 0 Å². The molecule has 0 aliphatic heterocycles. The van der Waals surface area contributed by atoms with Crippen molar-refractivity contribution in [2.45, 2.75) is 26.7 Å². The molecule has 2 N–H and O–H groups in total. The van der Waals surface area contributed by atoms with E-state index in [1.807, 2.05) is 32.7 Å². The van der Waals surface area contributed by atoms with Gasteiger partial charge in [-0.1, -0.05) is 20.8 Å². The highest BCUT2D eigenvalue weighted by atomic mass is 16.1. The Bertz CT molecular complexity index is 496. The molecule has 1 heterocycles. The first kappa shape index (κ1) is 15.2. The molecular formula is C13H22N4O2. The van der Waals surface area contributed by atoms with Gasteiger partial charge in [0.25, 0.3) is 5.56 Å². The quantitative estimate of drug-likeness (QED) is 0.823. The Morgan fingerprint density at radius 1 is 1.47 bits per heavy atom. The fourth-order valence-electron chi connectivity index (χ4n) is 1.77. The first-order valence-corrected chi connectivity index (χ1v) is 6.39. The Morgan fingerprint density at radius 3 is 2.63 bits per heavy atom. The van der Waals surface area contributed by atoms with Gasteiger partial charge in [-0.3, -0.25) is 9.59 Å². The molecule has 0 fully saturated rings. The van der Waals surface area contributed by atoms with E-state index in [1.54, 1.807) is 7.05 Å². The van der Waals surface area contributed by atoms with Gasteiger partial charge in [0.1, 0.15) is 11.6 Å². The van der Waals surface area contributed by atoms with Gasteiger partial charge in [0.2, 0.25) is 5.91 Å². The van der Waals surface area contributed by atoms with Gasteiger partial charge in [0.15, 0.2) is 0 Å². The van der Waals surface area contributed by atoms with Gasteiger partial charge in [0, 0.05) is 32.6 Å². The molecule has 19 heavy (non-hydrogen) atoms. The SMILES string of the molecule is CNC(=O)C(C)CN(C)c1cc(=O)[nH]c(C(C)C)n1. The number of carbonyl (C=O) groups excluding carboxylic acids is 1. The third kappa shape index (κ3) is 4.08. The fourth-order valence-corrected chi connectivity index (χ4v) is 1.77. The molecule has 1 aromatic heterocycles. The fraction of sp³-hybridized carbons (Fsp3) is 0.615. The molecule has 0 aromatic carbocycles. The zero-order valence-corrected chi connectivity index (χ0v) is 12.2. The van der Waals surface area contributed by atoms with Crippen molar-refractivity contribution in [1.82, 2.24) is 15.3 Å². The van der Waals surface area contributed by atoms with Gasteiger partial charge in [-0.25, -0.2) is 4.98 Å². The second-order valence-corrected chi connectivity index (χ2v) is 5.04. The average Bonchev–Trinajstić information content (AvgIpc) is 2.36. The van der Waals surface area contributed by atoms with E-state index in [9.17, 15) is 9.59 Å². The van der Waals surface area contributed by atoms with Gasteiger partial charge >= 0.3 is 0 Å². The van der Waals surface area contributed by atoms with Gasteiger partial charge in [-0.2, -0.15) is 0 Å². The van der Waals surface area contributed by atoms with Crippen LogP contribution in [-0.2, 0) is 4.79 Å². The predicted molar refractivity (Wildman–Crippen MR) is 75.4 cm³/mol. The van der Waals surface area contributed by atoms with Crippen LogP contribution in [0.2, 0.25) is 0 Å². The van der Waals surface area contributed by atoms with Gasteiger partial charge < -0.3 is 15.2 Å². The number of rotatable bonds is 5. The van der Waals surface area contributed by atoms with Crippen molar-refractivity contribution in [3.05, 3.63) is 22.2 Å². The van der Waals surface area contributed by atoms with E-state index in [4.69, 9.17) is 0 Å². The second-order valence-electron chi connectivity index (χ2n) is 5.04.